The SMILES string of the molecule is O=C(Cc1ccccc1F)OC1CCCCC1. The maximum Gasteiger partial charge on any atom is 0.310 e. The summed E-state index contributed by atoms with van der Waals surface area (Å²) in [5.74, 6) is -0.657. The lowest BCUT2D eigenvalue weighted by atomic mass is 9.98. The number of ether oxygens (including phenoxy) is 1. The van der Waals surface area contributed by atoms with Gasteiger partial charge in [0, 0.05) is 0 Å². The predicted molar refractivity (Wildman–Crippen MR) is 63.1 cm³/mol. The Morgan fingerprint density at radius 3 is 2.65 bits per heavy atom. The first-order valence-electron chi connectivity index (χ1n) is 6.18. The number of carbonyl (C=O) groups is 1. The fourth-order valence-electron chi connectivity index (χ4n) is 2.21. The van der Waals surface area contributed by atoms with Gasteiger partial charge >= 0.3 is 5.97 Å². The number of benzene rings is 1. The summed E-state index contributed by atoms with van der Waals surface area (Å²) < 4.78 is 18.7. The van der Waals surface area contributed by atoms with Gasteiger partial charge in [0.2, 0.25) is 0 Å². The van der Waals surface area contributed by atoms with Crippen molar-refractivity contribution in [2.24, 2.45) is 0 Å². The Morgan fingerprint density at radius 1 is 1.24 bits per heavy atom. The molecule has 0 unspecified atom stereocenters. The van der Waals surface area contributed by atoms with Crippen LogP contribution in [-0.2, 0) is 16.0 Å². The zero-order valence-corrected chi connectivity index (χ0v) is 9.82. The van der Waals surface area contributed by atoms with Crippen molar-refractivity contribution in [2.45, 2.75) is 44.6 Å². The molecule has 2 nitrogen and oxygen atoms in total. The second-order valence-corrected chi connectivity index (χ2v) is 4.52. The minimum atomic E-state index is -0.340. The monoisotopic (exact) mass is 236 g/mol. The molecule has 1 aliphatic carbocycles. The minimum absolute atomic E-state index is 0.0309. The fraction of sp³-hybridized carbons (Fsp3) is 0.500. The zero-order chi connectivity index (χ0) is 12.1. The average molecular weight is 236 g/mol. The minimum Gasteiger partial charge on any atom is -0.462 e. The van der Waals surface area contributed by atoms with Gasteiger partial charge in [0.1, 0.15) is 11.9 Å². The first-order chi connectivity index (χ1) is 8.25. The van der Waals surface area contributed by atoms with Crippen LogP contribution < -0.4 is 0 Å². The summed E-state index contributed by atoms with van der Waals surface area (Å²) in [5.41, 5.74) is 0.410. The molecule has 0 aromatic heterocycles. The second-order valence-electron chi connectivity index (χ2n) is 4.52. The van der Waals surface area contributed by atoms with Gasteiger partial charge < -0.3 is 4.74 Å². The van der Waals surface area contributed by atoms with Gasteiger partial charge in [0.05, 0.1) is 6.42 Å². The fourth-order valence-corrected chi connectivity index (χ4v) is 2.21. The first kappa shape index (κ1) is 12.1. The van der Waals surface area contributed by atoms with Crippen molar-refractivity contribution >= 4 is 5.97 Å². The van der Waals surface area contributed by atoms with Crippen LogP contribution >= 0.6 is 0 Å². The average Bonchev–Trinajstić information content (AvgIpc) is 2.33. The molecule has 0 N–H and O–H groups in total. The van der Waals surface area contributed by atoms with Gasteiger partial charge in [-0.1, -0.05) is 24.6 Å². The smallest absolute Gasteiger partial charge is 0.310 e. The van der Waals surface area contributed by atoms with E-state index in [0.29, 0.717) is 5.56 Å². The van der Waals surface area contributed by atoms with E-state index in [-0.39, 0.29) is 24.3 Å². The van der Waals surface area contributed by atoms with E-state index in [4.69, 9.17) is 4.74 Å². The maximum atomic E-state index is 13.3. The molecule has 1 fully saturated rings. The molecule has 0 radical (unpaired) electrons. The van der Waals surface area contributed by atoms with Gasteiger partial charge in [0.25, 0.3) is 0 Å². The van der Waals surface area contributed by atoms with Gasteiger partial charge in [-0.2, -0.15) is 0 Å². The van der Waals surface area contributed by atoms with E-state index in [1.807, 2.05) is 0 Å². The van der Waals surface area contributed by atoms with Crippen LogP contribution in [0.4, 0.5) is 4.39 Å². The number of halogens is 1. The number of hydrogen-bond donors (Lipinski definition) is 0. The van der Waals surface area contributed by atoms with E-state index in [1.54, 1.807) is 18.2 Å². The second kappa shape index (κ2) is 5.80. The van der Waals surface area contributed by atoms with Crippen LogP contribution in [0.1, 0.15) is 37.7 Å². The van der Waals surface area contributed by atoms with Crippen molar-refractivity contribution < 1.29 is 13.9 Å². The lowest BCUT2D eigenvalue weighted by Gasteiger charge is -2.21. The molecule has 1 aromatic rings. The third-order valence-corrected chi connectivity index (χ3v) is 3.14. The summed E-state index contributed by atoms with van der Waals surface area (Å²) in [6, 6.07) is 6.33. The molecule has 2 rings (SSSR count). The summed E-state index contributed by atoms with van der Waals surface area (Å²) in [6.07, 6.45) is 5.44. The highest BCUT2D eigenvalue weighted by atomic mass is 19.1. The van der Waals surface area contributed by atoms with Crippen LogP contribution in [0.2, 0.25) is 0 Å². The highest BCUT2D eigenvalue weighted by Crippen LogP contribution is 2.21. The molecule has 0 saturated heterocycles. The molecular weight excluding hydrogens is 219 g/mol. The van der Waals surface area contributed by atoms with Crippen molar-refractivity contribution in [1.29, 1.82) is 0 Å². The molecule has 92 valence electrons. The van der Waals surface area contributed by atoms with E-state index in [0.717, 1.165) is 25.7 Å². The maximum absolute atomic E-state index is 13.3. The van der Waals surface area contributed by atoms with E-state index in [1.165, 1.54) is 12.5 Å². The summed E-state index contributed by atoms with van der Waals surface area (Å²) >= 11 is 0. The lowest BCUT2D eigenvalue weighted by Crippen LogP contribution is -2.22. The van der Waals surface area contributed by atoms with E-state index in [2.05, 4.69) is 0 Å². The van der Waals surface area contributed by atoms with E-state index >= 15 is 0 Å². The Labute approximate surface area is 101 Å². The lowest BCUT2D eigenvalue weighted by molar-refractivity contribution is -0.149. The molecule has 0 amide bonds. The van der Waals surface area contributed by atoms with Crippen molar-refractivity contribution in [2.75, 3.05) is 0 Å². The molecule has 17 heavy (non-hydrogen) atoms. The van der Waals surface area contributed by atoms with Crippen LogP contribution in [0.25, 0.3) is 0 Å². The third kappa shape index (κ3) is 3.55. The van der Waals surface area contributed by atoms with Gasteiger partial charge in [-0.25, -0.2) is 4.39 Å². The Morgan fingerprint density at radius 2 is 1.94 bits per heavy atom. The largest absolute Gasteiger partial charge is 0.462 e. The van der Waals surface area contributed by atoms with E-state index < -0.39 is 0 Å². The van der Waals surface area contributed by atoms with Crippen LogP contribution in [0.15, 0.2) is 24.3 Å². The molecule has 0 atom stereocenters. The summed E-state index contributed by atoms with van der Waals surface area (Å²) in [6.45, 7) is 0. The molecular formula is C14H17FO2. The number of rotatable bonds is 3. The molecule has 0 spiro atoms. The molecule has 1 aliphatic rings. The molecule has 0 heterocycles. The molecule has 3 heteroatoms. The molecule has 0 aliphatic heterocycles. The normalized spacial score (nSPS) is 16.8. The van der Waals surface area contributed by atoms with Crippen LogP contribution in [0, 0.1) is 5.82 Å². The van der Waals surface area contributed by atoms with Gasteiger partial charge in [-0.15, -0.1) is 0 Å². The van der Waals surface area contributed by atoms with Gasteiger partial charge in [-0.3, -0.25) is 4.79 Å². The van der Waals surface area contributed by atoms with Crippen molar-refractivity contribution in [3.05, 3.63) is 35.6 Å². The van der Waals surface area contributed by atoms with Gasteiger partial charge in [-0.05, 0) is 37.3 Å². The van der Waals surface area contributed by atoms with E-state index in [9.17, 15) is 9.18 Å². The molecule has 0 bridgehead atoms. The highest BCUT2D eigenvalue weighted by Gasteiger charge is 2.18. The zero-order valence-electron chi connectivity index (χ0n) is 9.82. The van der Waals surface area contributed by atoms with Crippen molar-refractivity contribution in [3.8, 4) is 0 Å². The van der Waals surface area contributed by atoms with Gasteiger partial charge in [0.15, 0.2) is 0 Å². The molecule has 1 aromatic carbocycles. The Hall–Kier alpha value is -1.38. The topological polar surface area (TPSA) is 26.3 Å². The Balaban J connectivity index is 1.86. The number of hydrogen-bond acceptors (Lipinski definition) is 2. The van der Waals surface area contributed by atoms with Crippen molar-refractivity contribution in [1.82, 2.24) is 0 Å². The van der Waals surface area contributed by atoms with Crippen LogP contribution in [-0.4, -0.2) is 12.1 Å². The summed E-state index contributed by atoms with van der Waals surface area (Å²) in [4.78, 5) is 11.6. The quantitative estimate of drug-likeness (QED) is 0.753. The Kier molecular flexibility index (Phi) is 4.13. The van der Waals surface area contributed by atoms with Crippen LogP contribution in [0.5, 0.6) is 0 Å². The summed E-state index contributed by atoms with van der Waals surface area (Å²) in [7, 11) is 0. The Bertz CT molecular complexity index is 384. The predicted octanol–water partition coefficient (Wildman–Crippen LogP) is 3.24. The number of esters is 1. The number of carbonyl (C=O) groups excluding carboxylic acids is 1. The third-order valence-electron chi connectivity index (χ3n) is 3.14. The highest BCUT2D eigenvalue weighted by molar-refractivity contribution is 5.72. The molecule has 1 saturated carbocycles. The van der Waals surface area contributed by atoms with Crippen molar-refractivity contribution in [3.63, 3.8) is 0 Å². The van der Waals surface area contributed by atoms with Crippen LogP contribution in [0.3, 0.4) is 0 Å². The first-order valence-corrected chi connectivity index (χ1v) is 6.18. The summed E-state index contributed by atoms with van der Waals surface area (Å²) in [5, 5.41) is 0. The standard InChI is InChI=1S/C14H17FO2/c15-13-9-5-4-6-11(13)10-14(16)17-12-7-2-1-3-8-12/h4-6,9,12H,1-3,7-8,10H2.